The van der Waals surface area contributed by atoms with Gasteiger partial charge in [-0.15, -0.1) is 0 Å². The van der Waals surface area contributed by atoms with Crippen LogP contribution in [0.15, 0.2) is 15.8 Å². The van der Waals surface area contributed by atoms with Crippen LogP contribution >= 0.6 is 0 Å². The topological polar surface area (TPSA) is 127 Å². The normalized spacial score (nSPS) is 11.2. The summed E-state index contributed by atoms with van der Waals surface area (Å²) >= 11 is 0. The molecule has 0 bridgehead atoms. The maximum absolute atomic E-state index is 11.8. The number of carbonyl (C=O) groups excluding carboxylic acids is 1. The van der Waals surface area contributed by atoms with Gasteiger partial charge in [-0.2, -0.15) is 0 Å². The molecule has 1 aromatic rings. The molecule has 0 unspecified atom stereocenters. The molecule has 0 atom stereocenters. The molecule has 0 radical (unpaired) electrons. The van der Waals surface area contributed by atoms with Gasteiger partial charge in [0.2, 0.25) is 5.91 Å². The molecule has 2 N–H and O–H groups in total. The van der Waals surface area contributed by atoms with E-state index in [1.54, 1.807) is 4.98 Å². The second kappa shape index (κ2) is 5.68. The van der Waals surface area contributed by atoms with Crippen LogP contribution in [0, 0.1) is 10.1 Å². The van der Waals surface area contributed by atoms with Gasteiger partial charge < -0.3 is 5.32 Å². The summed E-state index contributed by atoms with van der Waals surface area (Å²) in [5, 5.41) is 13.3. The van der Waals surface area contributed by atoms with Crippen LogP contribution in [0.3, 0.4) is 0 Å². The number of rotatable bonds is 5. The second-order valence-corrected chi connectivity index (χ2v) is 4.94. The number of hydrogen-bond acceptors (Lipinski definition) is 5. The van der Waals surface area contributed by atoms with Crippen molar-refractivity contribution in [2.45, 2.75) is 39.3 Å². The van der Waals surface area contributed by atoms with Gasteiger partial charge in [-0.1, -0.05) is 6.92 Å². The molecule has 1 rings (SSSR count). The summed E-state index contributed by atoms with van der Waals surface area (Å²) in [5.41, 5.74) is -3.20. The lowest BCUT2D eigenvalue weighted by molar-refractivity contribution is -0.386. The van der Waals surface area contributed by atoms with E-state index in [2.05, 4.69) is 5.32 Å². The highest BCUT2D eigenvalue weighted by atomic mass is 16.6. The van der Waals surface area contributed by atoms with Crippen molar-refractivity contribution in [2.75, 3.05) is 0 Å². The molecule has 0 saturated carbocycles. The average molecular weight is 284 g/mol. The Labute approximate surface area is 113 Å². The number of nitrogens with zero attached hydrogens (tertiary/aromatic N) is 2. The molecule has 1 heterocycles. The summed E-state index contributed by atoms with van der Waals surface area (Å²) in [4.78, 5) is 45.9. The molecule has 0 saturated heterocycles. The van der Waals surface area contributed by atoms with Crippen LogP contribution in [0.2, 0.25) is 0 Å². The Morgan fingerprint density at radius 2 is 2.10 bits per heavy atom. The molecule has 0 fully saturated rings. The van der Waals surface area contributed by atoms with Crippen molar-refractivity contribution in [3.05, 3.63) is 37.1 Å². The van der Waals surface area contributed by atoms with E-state index < -0.39 is 39.9 Å². The summed E-state index contributed by atoms with van der Waals surface area (Å²) in [5.74, 6) is -0.472. The first kappa shape index (κ1) is 15.6. The summed E-state index contributed by atoms with van der Waals surface area (Å²) in [6.45, 7) is 5.10. The van der Waals surface area contributed by atoms with Crippen molar-refractivity contribution in [1.82, 2.24) is 14.9 Å². The average Bonchev–Trinajstić information content (AvgIpc) is 2.31. The zero-order valence-corrected chi connectivity index (χ0v) is 11.4. The maximum atomic E-state index is 11.8. The van der Waals surface area contributed by atoms with E-state index in [1.165, 1.54) is 0 Å². The van der Waals surface area contributed by atoms with Crippen molar-refractivity contribution < 1.29 is 9.72 Å². The Hall–Kier alpha value is -2.45. The fourth-order valence-corrected chi connectivity index (χ4v) is 1.41. The van der Waals surface area contributed by atoms with Crippen LogP contribution in [-0.2, 0) is 11.3 Å². The zero-order valence-electron chi connectivity index (χ0n) is 11.4. The first-order valence-corrected chi connectivity index (χ1v) is 5.95. The number of nitrogens with one attached hydrogen (secondary N) is 2. The molecule has 9 heteroatoms. The van der Waals surface area contributed by atoms with Gasteiger partial charge >= 0.3 is 16.9 Å². The highest BCUT2D eigenvalue weighted by molar-refractivity contribution is 5.76. The van der Waals surface area contributed by atoms with Crippen molar-refractivity contribution in [2.24, 2.45) is 0 Å². The van der Waals surface area contributed by atoms with Gasteiger partial charge in [-0.25, -0.2) is 4.79 Å². The largest absolute Gasteiger partial charge is 0.350 e. The predicted molar refractivity (Wildman–Crippen MR) is 70.5 cm³/mol. The summed E-state index contributed by atoms with van der Waals surface area (Å²) in [7, 11) is 0. The van der Waals surface area contributed by atoms with Gasteiger partial charge in [0, 0.05) is 5.54 Å². The van der Waals surface area contributed by atoms with Gasteiger partial charge in [0.05, 0.1) is 11.1 Å². The van der Waals surface area contributed by atoms with Crippen LogP contribution in [0.4, 0.5) is 5.69 Å². The summed E-state index contributed by atoms with van der Waals surface area (Å²) in [6, 6.07) is 0. The molecule has 0 aromatic carbocycles. The van der Waals surface area contributed by atoms with Gasteiger partial charge in [0.25, 0.3) is 0 Å². The number of amides is 1. The number of aromatic amines is 1. The molecule has 1 aromatic heterocycles. The lowest BCUT2D eigenvalue weighted by atomic mass is 10.0. The van der Waals surface area contributed by atoms with Crippen LogP contribution in [0.1, 0.15) is 27.2 Å². The number of carbonyl (C=O) groups is 1. The van der Waals surface area contributed by atoms with E-state index in [4.69, 9.17) is 0 Å². The highest BCUT2D eigenvalue weighted by Gasteiger charge is 2.20. The van der Waals surface area contributed by atoms with Gasteiger partial charge in [0.1, 0.15) is 6.54 Å². The second-order valence-electron chi connectivity index (χ2n) is 4.94. The van der Waals surface area contributed by atoms with E-state index in [9.17, 15) is 24.5 Å². The number of nitro groups is 1. The Morgan fingerprint density at radius 1 is 1.50 bits per heavy atom. The monoisotopic (exact) mass is 284 g/mol. The molecule has 110 valence electrons. The van der Waals surface area contributed by atoms with E-state index >= 15 is 0 Å². The van der Waals surface area contributed by atoms with E-state index in [0.717, 1.165) is 10.8 Å². The Balaban J connectivity index is 3.02. The highest BCUT2D eigenvalue weighted by Crippen LogP contribution is 2.06. The minimum Gasteiger partial charge on any atom is -0.350 e. The van der Waals surface area contributed by atoms with Crippen LogP contribution < -0.4 is 16.6 Å². The Bertz CT molecular complexity index is 643. The van der Waals surface area contributed by atoms with E-state index in [-0.39, 0.29) is 0 Å². The zero-order chi connectivity index (χ0) is 15.5. The van der Waals surface area contributed by atoms with Gasteiger partial charge in [-0.05, 0) is 20.3 Å². The van der Waals surface area contributed by atoms with E-state index in [1.807, 2.05) is 20.8 Å². The maximum Gasteiger partial charge on any atom is 0.350 e. The fourth-order valence-electron chi connectivity index (χ4n) is 1.41. The minimum absolute atomic E-state index is 0.403. The molecular weight excluding hydrogens is 268 g/mol. The van der Waals surface area contributed by atoms with Gasteiger partial charge in [0.15, 0.2) is 0 Å². The molecule has 0 aliphatic carbocycles. The quantitative estimate of drug-likeness (QED) is 0.569. The van der Waals surface area contributed by atoms with Crippen LogP contribution in [0.25, 0.3) is 0 Å². The van der Waals surface area contributed by atoms with Crippen molar-refractivity contribution in [3.8, 4) is 0 Å². The van der Waals surface area contributed by atoms with E-state index in [0.29, 0.717) is 6.42 Å². The molecule has 20 heavy (non-hydrogen) atoms. The molecule has 0 spiro atoms. The third-order valence-corrected chi connectivity index (χ3v) is 2.86. The third-order valence-electron chi connectivity index (χ3n) is 2.86. The summed E-state index contributed by atoms with van der Waals surface area (Å²) in [6.07, 6.45) is 1.44. The predicted octanol–water partition coefficient (Wildman–Crippen LogP) is -0.250. The Kier molecular flexibility index (Phi) is 4.43. The number of H-pyrrole nitrogens is 1. The number of hydrogen-bond donors (Lipinski definition) is 2. The van der Waals surface area contributed by atoms with Crippen molar-refractivity contribution in [3.63, 3.8) is 0 Å². The van der Waals surface area contributed by atoms with Crippen LogP contribution in [0.5, 0.6) is 0 Å². The number of aromatic nitrogens is 2. The van der Waals surface area contributed by atoms with Gasteiger partial charge in [-0.3, -0.25) is 29.3 Å². The summed E-state index contributed by atoms with van der Waals surface area (Å²) < 4.78 is 0.792. The molecule has 9 nitrogen and oxygen atoms in total. The molecule has 1 amide bonds. The first-order valence-electron chi connectivity index (χ1n) is 5.95. The molecule has 0 aliphatic rings. The smallest absolute Gasteiger partial charge is 0.350 e. The minimum atomic E-state index is -1.09. The fraction of sp³-hybridized carbons (Fsp3) is 0.545. The SMILES string of the molecule is CCC(C)(C)NC(=O)Cn1cc([N+](=O)[O-])c(=O)[nH]c1=O. The lowest BCUT2D eigenvalue weighted by Crippen LogP contribution is -2.45. The Morgan fingerprint density at radius 3 is 2.60 bits per heavy atom. The van der Waals surface area contributed by atoms with Crippen LogP contribution in [-0.4, -0.2) is 25.9 Å². The lowest BCUT2D eigenvalue weighted by Gasteiger charge is -2.24. The standard InChI is InChI=1S/C11H16N4O5/c1-4-11(2,3)13-8(16)6-14-5-7(15(19)20)9(17)12-10(14)18/h5H,4,6H2,1-3H3,(H,13,16)(H,12,17,18). The third kappa shape index (κ3) is 3.77. The van der Waals surface area contributed by atoms with Crippen molar-refractivity contribution >= 4 is 11.6 Å². The van der Waals surface area contributed by atoms with Crippen molar-refractivity contribution in [1.29, 1.82) is 0 Å². The molecule has 0 aliphatic heterocycles. The first-order chi connectivity index (χ1) is 9.16. The molecular formula is C11H16N4O5.